The number of nitrogens with one attached hydrogen (secondary N) is 1. The molecule has 0 aliphatic rings. The quantitative estimate of drug-likeness (QED) is 0.853. The number of halogens is 1. The van der Waals surface area contributed by atoms with Crippen LogP contribution in [0, 0.1) is 5.82 Å². The Morgan fingerprint density at radius 2 is 1.48 bits per heavy atom. The number of amides is 1. The first-order valence-corrected chi connectivity index (χ1v) is 7.18. The van der Waals surface area contributed by atoms with Gasteiger partial charge in [-0.15, -0.1) is 0 Å². The number of hydrogen-bond donors (Lipinski definition) is 2. The van der Waals surface area contributed by atoms with Gasteiger partial charge in [-0.05, 0) is 48.5 Å². The van der Waals surface area contributed by atoms with E-state index in [0.717, 1.165) is 4.31 Å². The zero-order valence-electron chi connectivity index (χ0n) is 11.1. The van der Waals surface area contributed by atoms with Crippen molar-refractivity contribution in [1.29, 1.82) is 0 Å². The van der Waals surface area contributed by atoms with Crippen molar-refractivity contribution in [2.45, 2.75) is 6.92 Å². The van der Waals surface area contributed by atoms with E-state index in [1.165, 1.54) is 31.2 Å². The van der Waals surface area contributed by atoms with Crippen LogP contribution in [-0.2, 0) is 15.7 Å². The minimum atomic E-state index is -2.93. The summed E-state index contributed by atoms with van der Waals surface area (Å²) < 4.78 is 36.9. The van der Waals surface area contributed by atoms with E-state index < -0.39 is 16.7 Å². The standard InChI is InChI=1S/C14H13FN2O3S/c1-10(18)16-12-4-8-14(9-5-12)17(21(19)20)13-6-2-11(15)3-7-13/h2-9,21H,1H3,(H,16,18). The molecule has 2 aromatic rings. The second kappa shape index (κ2) is 6.36. The van der Waals surface area contributed by atoms with E-state index in [1.54, 1.807) is 24.3 Å². The van der Waals surface area contributed by atoms with Gasteiger partial charge in [0, 0.05) is 12.6 Å². The van der Waals surface area contributed by atoms with E-state index in [9.17, 15) is 17.6 Å². The fourth-order valence-electron chi connectivity index (χ4n) is 1.81. The Labute approximate surface area is 123 Å². The maximum absolute atomic E-state index is 12.9. The van der Waals surface area contributed by atoms with Crippen molar-refractivity contribution in [3.63, 3.8) is 0 Å². The second-order valence-electron chi connectivity index (χ2n) is 4.25. The summed E-state index contributed by atoms with van der Waals surface area (Å²) in [5, 5.41) is 2.59. The van der Waals surface area contributed by atoms with Gasteiger partial charge in [0.25, 0.3) is 0 Å². The van der Waals surface area contributed by atoms with E-state index in [2.05, 4.69) is 5.32 Å². The van der Waals surface area contributed by atoms with Crippen molar-refractivity contribution >= 4 is 33.9 Å². The average Bonchev–Trinajstić information content (AvgIpc) is 2.42. The smallest absolute Gasteiger partial charge is 0.229 e. The molecule has 2 rings (SSSR count). The number of carbonyl (C=O) groups is 1. The van der Waals surface area contributed by atoms with E-state index in [0.29, 0.717) is 17.1 Å². The lowest BCUT2D eigenvalue weighted by Gasteiger charge is -2.18. The van der Waals surface area contributed by atoms with Crippen molar-refractivity contribution in [3.05, 3.63) is 54.3 Å². The molecular formula is C14H13FN2O3S. The number of rotatable bonds is 4. The Morgan fingerprint density at radius 1 is 1.00 bits per heavy atom. The molecule has 110 valence electrons. The van der Waals surface area contributed by atoms with E-state index in [1.807, 2.05) is 0 Å². The molecule has 0 unspecified atom stereocenters. The van der Waals surface area contributed by atoms with Crippen LogP contribution < -0.4 is 9.62 Å². The second-order valence-corrected chi connectivity index (χ2v) is 5.13. The van der Waals surface area contributed by atoms with Crippen molar-refractivity contribution in [3.8, 4) is 0 Å². The summed E-state index contributed by atoms with van der Waals surface area (Å²) in [6, 6.07) is 11.4. The number of hydrogen-bond acceptors (Lipinski definition) is 3. The van der Waals surface area contributed by atoms with Crippen LogP contribution in [-0.4, -0.2) is 14.3 Å². The van der Waals surface area contributed by atoms with Gasteiger partial charge in [-0.3, -0.25) is 4.79 Å². The van der Waals surface area contributed by atoms with Gasteiger partial charge in [0.05, 0.1) is 11.4 Å². The van der Waals surface area contributed by atoms with Crippen LogP contribution in [0.5, 0.6) is 0 Å². The molecule has 0 atom stereocenters. The molecule has 0 aliphatic heterocycles. The minimum Gasteiger partial charge on any atom is -0.326 e. The van der Waals surface area contributed by atoms with Crippen LogP contribution in [0.15, 0.2) is 48.5 Å². The van der Waals surface area contributed by atoms with Crippen LogP contribution >= 0.6 is 0 Å². The summed E-state index contributed by atoms with van der Waals surface area (Å²) in [5.74, 6) is -0.658. The summed E-state index contributed by atoms with van der Waals surface area (Å²) in [7, 11) is -2.93. The first kappa shape index (κ1) is 15.0. The highest BCUT2D eigenvalue weighted by atomic mass is 32.2. The van der Waals surface area contributed by atoms with Gasteiger partial charge in [-0.25, -0.2) is 17.1 Å². The first-order chi connectivity index (χ1) is 9.97. The molecule has 0 saturated carbocycles. The minimum absolute atomic E-state index is 0.215. The van der Waals surface area contributed by atoms with E-state index in [-0.39, 0.29) is 5.91 Å². The third kappa shape index (κ3) is 3.79. The summed E-state index contributed by atoms with van der Waals surface area (Å²) in [6.07, 6.45) is 0. The zero-order valence-corrected chi connectivity index (χ0v) is 12.0. The highest BCUT2D eigenvalue weighted by Gasteiger charge is 2.11. The number of carbonyl (C=O) groups excluding carboxylic acids is 1. The molecule has 0 spiro atoms. The maximum Gasteiger partial charge on any atom is 0.229 e. The van der Waals surface area contributed by atoms with E-state index >= 15 is 0 Å². The molecule has 2 aromatic carbocycles. The highest BCUT2D eigenvalue weighted by Crippen LogP contribution is 2.26. The predicted octanol–water partition coefficient (Wildman–Crippen LogP) is 2.45. The molecule has 0 saturated heterocycles. The van der Waals surface area contributed by atoms with Crippen molar-refractivity contribution < 1.29 is 17.6 Å². The zero-order chi connectivity index (χ0) is 15.4. The van der Waals surface area contributed by atoms with Gasteiger partial charge in [-0.2, -0.15) is 0 Å². The van der Waals surface area contributed by atoms with Crippen LogP contribution in [0.25, 0.3) is 0 Å². The Balaban J connectivity index is 2.34. The Kier molecular flexibility index (Phi) is 4.54. The molecule has 5 nitrogen and oxygen atoms in total. The topological polar surface area (TPSA) is 66.5 Å². The predicted molar refractivity (Wildman–Crippen MR) is 79.6 cm³/mol. The van der Waals surface area contributed by atoms with Gasteiger partial charge >= 0.3 is 0 Å². The fourth-order valence-corrected chi connectivity index (χ4v) is 2.45. The number of benzene rings is 2. The van der Waals surface area contributed by atoms with Crippen molar-refractivity contribution in [2.75, 3.05) is 9.62 Å². The van der Waals surface area contributed by atoms with Crippen LogP contribution in [0.1, 0.15) is 6.92 Å². The van der Waals surface area contributed by atoms with Crippen LogP contribution in [0.4, 0.5) is 21.5 Å². The first-order valence-electron chi connectivity index (χ1n) is 6.05. The molecule has 21 heavy (non-hydrogen) atoms. The maximum atomic E-state index is 12.9. The molecule has 7 heteroatoms. The Hall–Kier alpha value is -2.41. The van der Waals surface area contributed by atoms with Gasteiger partial charge in [0.15, 0.2) is 0 Å². The van der Waals surface area contributed by atoms with Gasteiger partial charge in [-0.1, -0.05) is 0 Å². The SMILES string of the molecule is CC(=O)Nc1ccc(N(c2ccc(F)cc2)[SH](=O)=O)cc1. The fraction of sp³-hybridized carbons (Fsp3) is 0.0714. The number of anilines is 3. The summed E-state index contributed by atoms with van der Waals surface area (Å²) in [5.41, 5.74) is 1.29. The van der Waals surface area contributed by atoms with Crippen molar-refractivity contribution in [2.24, 2.45) is 0 Å². The Morgan fingerprint density at radius 3 is 1.90 bits per heavy atom. The molecule has 0 aliphatic carbocycles. The van der Waals surface area contributed by atoms with Crippen LogP contribution in [0.2, 0.25) is 0 Å². The molecule has 0 radical (unpaired) electrons. The molecular weight excluding hydrogens is 295 g/mol. The lowest BCUT2D eigenvalue weighted by atomic mass is 10.2. The lowest BCUT2D eigenvalue weighted by molar-refractivity contribution is -0.114. The molecule has 1 amide bonds. The summed E-state index contributed by atoms with van der Waals surface area (Å²) >= 11 is 0. The number of nitrogens with zero attached hydrogens (tertiary/aromatic N) is 1. The van der Waals surface area contributed by atoms with Gasteiger partial charge < -0.3 is 5.32 Å². The van der Waals surface area contributed by atoms with E-state index in [4.69, 9.17) is 0 Å². The van der Waals surface area contributed by atoms with Gasteiger partial charge in [0.2, 0.25) is 16.8 Å². The van der Waals surface area contributed by atoms with Gasteiger partial charge in [0.1, 0.15) is 5.82 Å². The molecule has 0 aromatic heterocycles. The largest absolute Gasteiger partial charge is 0.326 e. The molecule has 1 N–H and O–H groups in total. The third-order valence-corrected chi connectivity index (χ3v) is 3.46. The van der Waals surface area contributed by atoms with Crippen LogP contribution in [0.3, 0.4) is 0 Å². The number of thiol groups is 1. The van der Waals surface area contributed by atoms with Crippen molar-refractivity contribution in [1.82, 2.24) is 0 Å². The molecule has 0 heterocycles. The normalized spacial score (nSPS) is 10.4. The highest BCUT2D eigenvalue weighted by molar-refractivity contribution is 7.74. The third-order valence-electron chi connectivity index (χ3n) is 2.67. The average molecular weight is 308 g/mol. The molecule has 0 bridgehead atoms. The molecule has 0 fully saturated rings. The Bertz CT molecular complexity index is 704. The summed E-state index contributed by atoms with van der Waals surface area (Å²) in [6.45, 7) is 1.38. The monoisotopic (exact) mass is 308 g/mol. The lowest BCUT2D eigenvalue weighted by Crippen LogP contribution is -2.14. The summed E-state index contributed by atoms with van der Waals surface area (Å²) in [4.78, 5) is 10.9.